The molecule has 1 aliphatic rings. The number of hydrogen-bond donors (Lipinski definition) is 1. The van der Waals surface area contributed by atoms with Gasteiger partial charge < -0.3 is 5.32 Å². The van der Waals surface area contributed by atoms with Gasteiger partial charge in [-0.25, -0.2) is 8.42 Å². The minimum atomic E-state index is -3.64. The van der Waals surface area contributed by atoms with E-state index in [1.807, 2.05) is 39.8 Å². The van der Waals surface area contributed by atoms with Crippen LogP contribution in [0.3, 0.4) is 0 Å². The number of rotatable bonds is 7. The summed E-state index contributed by atoms with van der Waals surface area (Å²) in [5, 5.41) is 3.04. The summed E-state index contributed by atoms with van der Waals surface area (Å²) in [4.78, 5) is 13.2. The predicted molar refractivity (Wildman–Crippen MR) is 122 cm³/mol. The molecule has 2 atom stereocenters. The molecular formula is C24H32N2O3S. The van der Waals surface area contributed by atoms with Gasteiger partial charge >= 0.3 is 0 Å². The Balaban J connectivity index is 1.86. The van der Waals surface area contributed by atoms with Crippen LogP contribution in [0.25, 0.3) is 0 Å². The van der Waals surface area contributed by atoms with Crippen LogP contribution in [-0.4, -0.2) is 26.6 Å². The monoisotopic (exact) mass is 428 g/mol. The maximum Gasteiger partial charge on any atom is 0.244 e. The fourth-order valence-electron chi connectivity index (χ4n) is 4.18. The number of carbonyl (C=O) groups is 1. The molecule has 5 nitrogen and oxygen atoms in total. The van der Waals surface area contributed by atoms with E-state index in [-0.39, 0.29) is 11.9 Å². The van der Waals surface area contributed by atoms with E-state index >= 15 is 0 Å². The highest BCUT2D eigenvalue weighted by Crippen LogP contribution is 2.27. The molecule has 6 heteroatoms. The van der Waals surface area contributed by atoms with Gasteiger partial charge in [0.05, 0.1) is 18.0 Å². The van der Waals surface area contributed by atoms with Gasteiger partial charge in [0.25, 0.3) is 0 Å². The lowest BCUT2D eigenvalue weighted by molar-refractivity contribution is -0.122. The zero-order valence-corrected chi connectivity index (χ0v) is 19.3. The highest BCUT2D eigenvalue weighted by molar-refractivity contribution is 7.92. The number of fused-ring (bicyclic) bond motifs is 1. The van der Waals surface area contributed by atoms with E-state index in [1.54, 1.807) is 6.07 Å². The van der Waals surface area contributed by atoms with Gasteiger partial charge in [-0.1, -0.05) is 31.2 Å². The molecule has 0 saturated heterocycles. The Morgan fingerprint density at radius 2 is 1.77 bits per heavy atom. The maximum atomic E-state index is 13.2. The van der Waals surface area contributed by atoms with Crippen LogP contribution in [0.5, 0.6) is 0 Å². The number of aryl methyl sites for hydroxylation is 4. The van der Waals surface area contributed by atoms with Crippen LogP contribution < -0.4 is 9.62 Å². The van der Waals surface area contributed by atoms with E-state index in [2.05, 4.69) is 23.5 Å². The van der Waals surface area contributed by atoms with E-state index in [0.29, 0.717) is 12.1 Å². The molecule has 30 heavy (non-hydrogen) atoms. The molecule has 1 amide bonds. The summed E-state index contributed by atoms with van der Waals surface area (Å²) >= 11 is 0. The van der Waals surface area contributed by atoms with Crippen molar-refractivity contribution in [2.45, 2.75) is 65.5 Å². The van der Waals surface area contributed by atoms with Gasteiger partial charge in [0.15, 0.2) is 0 Å². The summed E-state index contributed by atoms with van der Waals surface area (Å²) in [5.41, 5.74) is 6.39. The summed E-state index contributed by atoms with van der Waals surface area (Å²) < 4.78 is 26.6. The Bertz CT molecular complexity index is 1050. The summed E-state index contributed by atoms with van der Waals surface area (Å²) in [6.45, 7) is 7.70. The average molecular weight is 429 g/mol. The number of amides is 1. The fourth-order valence-corrected chi connectivity index (χ4v) is 5.38. The van der Waals surface area contributed by atoms with E-state index in [4.69, 9.17) is 0 Å². The number of sulfonamides is 1. The second-order valence-electron chi connectivity index (χ2n) is 8.36. The molecule has 1 aliphatic carbocycles. The van der Waals surface area contributed by atoms with Crippen molar-refractivity contribution in [2.75, 3.05) is 10.6 Å². The summed E-state index contributed by atoms with van der Waals surface area (Å²) in [5.74, 6) is -0.283. The third-order valence-corrected chi connectivity index (χ3v) is 7.24. The third kappa shape index (κ3) is 4.69. The Kier molecular flexibility index (Phi) is 6.56. The molecule has 2 aromatic carbocycles. The quantitative estimate of drug-likeness (QED) is 0.718. The van der Waals surface area contributed by atoms with Crippen molar-refractivity contribution in [1.29, 1.82) is 0 Å². The summed E-state index contributed by atoms with van der Waals surface area (Å²) in [6.07, 6.45) is 4.91. The Morgan fingerprint density at radius 3 is 2.40 bits per heavy atom. The molecule has 0 radical (unpaired) electrons. The third-order valence-electron chi connectivity index (χ3n) is 6.06. The van der Waals surface area contributed by atoms with Crippen LogP contribution in [0.15, 0.2) is 36.4 Å². The van der Waals surface area contributed by atoms with E-state index in [0.717, 1.165) is 35.8 Å². The Hall–Kier alpha value is -2.34. The second kappa shape index (κ2) is 8.80. The molecule has 0 unspecified atom stereocenters. The SMILES string of the molecule is CC[C@H](C(=O)N[C@@H](C)c1ccc2c(c1)CCC2)N(c1ccc(C)c(C)c1)S(C)(=O)=O. The zero-order valence-electron chi connectivity index (χ0n) is 18.5. The minimum absolute atomic E-state index is 0.196. The number of nitrogens with one attached hydrogen (secondary N) is 1. The first kappa shape index (κ1) is 22.3. The van der Waals surface area contributed by atoms with Crippen LogP contribution in [-0.2, 0) is 27.7 Å². The highest BCUT2D eigenvalue weighted by atomic mass is 32.2. The second-order valence-corrected chi connectivity index (χ2v) is 10.2. The van der Waals surface area contributed by atoms with Crippen molar-refractivity contribution in [3.8, 4) is 0 Å². The molecule has 3 rings (SSSR count). The molecule has 0 fully saturated rings. The van der Waals surface area contributed by atoms with E-state index in [1.165, 1.54) is 21.9 Å². The molecule has 0 spiro atoms. The number of carbonyl (C=O) groups excluding carboxylic acids is 1. The Labute approximate surface area is 180 Å². The first-order valence-corrected chi connectivity index (χ1v) is 12.5. The van der Waals surface area contributed by atoms with Gasteiger partial charge in [0.2, 0.25) is 15.9 Å². The van der Waals surface area contributed by atoms with Crippen molar-refractivity contribution in [2.24, 2.45) is 0 Å². The summed E-state index contributed by atoms with van der Waals surface area (Å²) in [7, 11) is -3.64. The number of anilines is 1. The lowest BCUT2D eigenvalue weighted by atomic mass is 10.0. The van der Waals surface area contributed by atoms with Crippen molar-refractivity contribution in [1.82, 2.24) is 5.32 Å². The molecule has 0 aliphatic heterocycles. The number of nitrogens with zero attached hydrogens (tertiary/aromatic N) is 1. The maximum absolute atomic E-state index is 13.2. The van der Waals surface area contributed by atoms with Gasteiger partial charge in [-0.2, -0.15) is 0 Å². The van der Waals surface area contributed by atoms with Crippen LogP contribution in [0, 0.1) is 13.8 Å². The van der Waals surface area contributed by atoms with E-state index in [9.17, 15) is 13.2 Å². The first-order chi connectivity index (χ1) is 14.1. The highest BCUT2D eigenvalue weighted by Gasteiger charge is 2.32. The average Bonchev–Trinajstić information content (AvgIpc) is 3.15. The molecule has 0 aromatic heterocycles. The van der Waals surface area contributed by atoms with Gasteiger partial charge in [-0.15, -0.1) is 0 Å². The molecule has 162 valence electrons. The zero-order chi connectivity index (χ0) is 22.1. The van der Waals surface area contributed by atoms with Gasteiger partial charge in [0.1, 0.15) is 6.04 Å². The predicted octanol–water partition coefficient (Wildman–Crippen LogP) is 4.21. The molecule has 1 N–H and O–H groups in total. The lowest BCUT2D eigenvalue weighted by Crippen LogP contribution is -2.49. The van der Waals surface area contributed by atoms with Crippen molar-refractivity contribution >= 4 is 21.6 Å². The largest absolute Gasteiger partial charge is 0.348 e. The van der Waals surface area contributed by atoms with Crippen molar-refractivity contribution < 1.29 is 13.2 Å². The van der Waals surface area contributed by atoms with Crippen LogP contribution >= 0.6 is 0 Å². The topological polar surface area (TPSA) is 66.5 Å². The van der Waals surface area contributed by atoms with Gasteiger partial charge in [0, 0.05) is 0 Å². The van der Waals surface area contributed by atoms with Gasteiger partial charge in [-0.05, 0) is 86.4 Å². The summed E-state index contributed by atoms with van der Waals surface area (Å²) in [6, 6.07) is 10.9. The normalized spacial score (nSPS) is 15.4. The Morgan fingerprint density at radius 1 is 1.07 bits per heavy atom. The molecule has 0 bridgehead atoms. The van der Waals surface area contributed by atoms with Crippen LogP contribution in [0.4, 0.5) is 5.69 Å². The molecule has 0 heterocycles. The van der Waals surface area contributed by atoms with E-state index < -0.39 is 16.1 Å². The van der Waals surface area contributed by atoms with Crippen LogP contribution in [0.1, 0.15) is 60.5 Å². The lowest BCUT2D eigenvalue weighted by Gasteiger charge is -2.31. The van der Waals surface area contributed by atoms with Crippen molar-refractivity contribution in [3.63, 3.8) is 0 Å². The standard InChI is InChI=1S/C24H32N2O3S/c1-6-23(26(30(5,28)29)22-13-10-16(2)17(3)14-22)24(27)25-18(4)20-12-11-19-8-7-9-21(19)15-20/h10-15,18,23H,6-9H2,1-5H3,(H,25,27)/t18-,23+/m0/s1. The molecule has 2 aromatic rings. The molecular weight excluding hydrogens is 396 g/mol. The first-order valence-electron chi connectivity index (χ1n) is 10.6. The minimum Gasteiger partial charge on any atom is -0.348 e. The number of benzene rings is 2. The number of hydrogen-bond acceptors (Lipinski definition) is 3. The van der Waals surface area contributed by atoms with Crippen molar-refractivity contribution in [3.05, 3.63) is 64.2 Å². The van der Waals surface area contributed by atoms with Gasteiger partial charge in [-0.3, -0.25) is 9.10 Å². The smallest absolute Gasteiger partial charge is 0.244 e. The molecule has 0 saturated carbocycles. The van der Waals surface area contributed by atoms with Crippen LogP contribution in [0.2, 0.25) is 0 Å². The fraction of sp³-hybridized carbons (Fsp3) is 0.458.